The first kappa shape index (κ1) is 11.4. The number of aliphatic hydroxyl groups is 1. The summed E-state index contributed by atoms with van der Waals surface area (Å²) in [6.45, 7) is 4.39. The third-order valence-electron chi connectivity index (χ3n) is 1.66. The fraction of sp³-hybridized carbons (Fsp3) is 0.875. The Kier molecular flexibility index (Phi) is 5.66. The van der Waals surface area contributed by atoms with Crippen molar-refractivity contribution in [2.24, 2.45) is 11.7 Å². The molecule has 4 nitrogen and oxygen atoms in total. The summed E-state index contributed by atoms with van der Waals surface area (Å²) >= 11 is 0. The molecule has 4 heteroatoms. The van der Waals surface area contributed by atoms with Gasteiger partial charge in [0.25, 0.3) is 0 Å². The lowest BCUT2D eigenvalue weighted by atomic mass is 10.1. The van der Waals surface area contributed by atoms with Crippen LogP contribution in [0.5, 0.6) is 0 Å². The largest absolute Gasteiger partial charge is 0.396 e. The lowest BCUT2D eigenvalue weighted by Crippen LogP contribution is -2.44. The van der Waals surface area contributed by atoms with Crippen molar-refractivity contribution in [2.75, 3.05) is 13.2 Å². The number of carbonyl (C=O) groups excluding carboxylic acids is 1. The fourth-order valence-electron chi connectivity index (χ4n) is 0.711. The summed E-state index contributed by atoms with van der Waals surface area (Å²) in [6, 6.07) is -0.441. The number of nitrogens with one attached hydrogen (secondary N) is 1. The summed E-state index contributed by atoms with van der Waals surface area (Å²) in [7, 11) is 0. The molecule has 0 aliphatic carbocycles. The molecule has 72 valence electrons. The normalized spacial score (nSPS) is 13.1. The van der Waals surface area contributed by atoms with Crippen LogP contribution in [0.4, 0.5) is 0 Å². The Balaban J connectivity index is 3.57. The van der Waals surface area contributed by atoms with Gasteiger partial charge in [0.15, 0.2) is 0 Å². The molecule has 0 aromatic carbocycles. The number of amides is 1. The van der Waals surface area contributed by atoms with Gasteiger partial charge in [-0.1, -0.05) is 13.8 Å². The van der Waals surface area contributed by atoms with Crippen molar-refractivity contribution in [3.05, 3.63) is 0 Å². The van der Waals surface area contributed by atoms with Crippen LogP contribution in [-0.4, -0.2) is 30.2 Å². The molecule has 12 heavy (non-hydrogen) atoms. The molecule has 0 saturated carbocycles. The molecule has 0 aromatic heterocycles. The first-order chi connectivity index (χ1) is 5.59. The molecule has 0 saturated heterocycles. The number of carbonyl (C=O) groups is 1. The molecule has 0 aromatic rings. The first-order valence-electron chi connectivity index (χ1n) is 4.23. The Morgan fingerprint density at radius 2 is 2.17 bits per heavy atom. The van der Waals surface area contributed by atoms with Crippen molar-refractivity contribution in [1.29, 1.82) is 0 Å². The molecule has 0 fully saturated rings. The highest BCUT2D eigenvalue weighted by molar-refractivity contribution is 5.81. The van der Waals surface area contributed by atoms with E-state index in [1.54, 1.807) is 0 Å². The Labute approximate surface area is 73.1 Å². The Morgan fingerprint density at radius 1 is 1.58 bits per heavy atom. The molecular formula is C8H18N2O2. The molecule has 1 amide bonds. The van der Waals surface area contributed by atoms with Crippen LogP contribution < -0.4 is 11.1 Å². The average Bonchev–Trinajstić information content (AvgIpc) is 2.03. The van der Waals surface area contributed by atoms with E-state index >= 15 is 0 Å². The van der Waals surface area contributed by atoms with E-state index in [0.717, 1.165) is 0 Å². The minimum Gasteiger partial charge on any atom is -0.396 e. The van der Waals surface area contributed by atoms with Gasteiger partial charge in [0.2, 0.25) is 5.91 Å². The quantitative estimate of drug-likeness (QED) is 0.490. The highest BCUT2D eigenvalue weighted by Gasteiger charge is 2.15. The van der Waals surface area contributed by atoms with E-state index in [1.807, 2.05) is 13.8 Å². The summed E-state index contributed by atoms with van der Waals surface area (Å²) in [5.41, 5.74) is 5.57. The van der Waals surface area contributed by atoms with E-state index in [4.69, 9.17) is 10.8 Å². The van der Waals surface area contributed by atoms with E-state index in [1.165, 1.54) is 0 Å². The number of aliphatic hydroxyl groups excluding tert-OH is 1. The molecule has 1 atom stereocenters. The zero-order valence-electron chi connectivity index (χ0n) is 7.71. The van der Waals surface area contributed by atoms with Crippen molar-refractivity contribution >= 4 is 5.91 Å². The van der Waals surface area contributed by atoms with E-state index in [0.29, 0.717) is 13.0 Å². The van der Waals surface area contributed by atoms with E-state index in [2.05, 4.69) is 5.32 Å². The molecule has 0 radical (unpaired) electrons. The number of hydrogen-bond donors (Lipinski definition) is 3. The summed E-state index contributed by atoms with van der Waals surface area (Å²) in [6.07, 6.45) is 0.580. The van der Waals surface area contributed by atoms with Crippen molar-refractivity contribution in [3.63, 3.8) is 0 Å². The van der Waals surface area contributed by atoms with Gasteiger partial charge in [-0.05, 0) is 12.3 Å². The predicted octanol–water partition coefficient (Wildman–Crippen LogP) is -0.532. The molecule has 0 rings (SSSR count). The van der Waals surface area contributed by atoms with Gasteiger partial charge in [-0.3, -0.25) is 4.79 Å². The molecule has 0 bridgehead atoms. The van der Waals surface area contributed by atoms with Crippen molar-refractivity contribution < 1.29 is 9.90 Å². The summed E-state index contributed by atoms with van der Waals surface area (Å²) in [5.74, 6) is 0.0116. The Hall–Kier alpha value is -0.610. The van der Waals surface area contributed by atoms with Gasteiger partial charge in [0.1, 0.15) is 0 Å². The SMILES string of the molecule is CC(C)[C@@H](N)C(=O)NCCCO. The van der Waals surface area contributed by atoms with E-state index in [-0.39, 0.29) is 18.4 Å². The number of hydrogen-bond acceptors (Lipinski definition) is 3. The lowest BCUT2D eigenvalue weighted by Gasteiger charge is -2.14. The number of rotatable bonds is 5. The topological polar surface area (TPSA) is 75.4 Å². The maximum absolute atomic E-state index is 11.1. The van der Waals surface area contributed by atoms with Crippen LogP contribution in [0.3, 0.4) is 0 Å². The van der Waals surface area contributed by atoms with Gasteiger partial charge in [0.05, 0.1) is 6.04 Å². The summed E-state index contributed by atoms with van der Waals surface area (Å²) in [5, 5.41) is 11.1. The standard InChI is InChI=1S/C8H18N2O2/c1-6(2)7(9)8(12)10-4-3-5-11/h6-7,11H,3-5,9H2,1-2H3,(H,10,12)/t7-/m1/s1. The third-order valence-corrected chi connectivity index (χ3v) is 1.66. The molecule has 0 heterocycles. The highest BCUT2D eigenvalue weighted by atomic mass is 16.3. The van der Waals surface area contributed by atoms with Crippen molar-refractivity contribution in [3.8, 4) is 0 Å². The fourth-order valence-corrected chi connectivity index (χ4v) is 0.711. The van der Waals surface area contributed by atoms with Crippen LogP contribution in [0.25, 0.3) is 0 Å². The first-order valence-corrected chi connectivity index (χ1v) is 4.23. The minimum atomic E-state index is -0.441. The molecular weight excluding hydrogens is 156 g/mol. The van der Waals surface area contributed by atoms with E-state index < -0.39 is 6.04 Å². The number of nitrogens with two attached hydrogens (primary N) is 1. The maximum Gasteiger partial charge on any atom is 0.237 e. The van der Waals surface area contributed by atoms with Gasteiger partial charge in [-0.25, -0.2) is 0 Å². The molecule has 0 spiro atoms. The van der Waals surface area contributed by atoms with Crippen LogP contribution in [-0.2, 0) is 4.79 Å². The molecule has 0 aliphatic heterocycles. The monoisotopic (exact) mass is 174 g/mol. The highest BCUT2D eigenvalue weighted by Crippen LogP contribution is 1.97. The molecule has 4 N–H and O–H groups in total. The smallest absolute Gasteiger partial charge is 0.237 e. The Bertz CT molecular complexity index is 137. The van der Waals surface area contributed by atoms with Gasteiger partial charge in [0, 0.05) is 13.2 Å². The van der Waals surface area contributed by atoms with Crippen LogP contribution >= 0.6 is 0 Å². The zero-order chi connectivity index (χ0) is 9.56. The van der Waals surface area contributed by atoms with Crippen LogP contribution in [0.15, 0.2) is 0 Å². The van der Waals surface area contributed by atoms with Crippen molar-refractivity contribution in [1.82, 2.24) is 5.32 Å². The zero-order valence-corrected chi connectivity index (χ0v) is 7.71. The van der Waals surface area contributed by atoms with Crippen LogP contribution in [0.1, 0.15) is 20.3 Å². The average molecular weight is 174 g/mol. The summed E-state index contributed by atoms with van der Waals surface area (Å²) < 4.78 is 0. The van der Waals surface area contributed by atoms with Gasteiger partial charge in [-0.15, -0.1) is 0 Å². The predicted molar refractivity (Wildman–Crippen MR) is 47.5 cm³/mol. The lowest BCUT2D eigenvalue weighted by molar-refractivity contribution is -0.123. The second kappa shape index (κ2) is 5.97. The van der Waals surface area contributed by atoms with Crippen molar-refractivity contribution in [2.45, 2.75) is 26.3 Å². The van der Waals surface area contributed by atoms with Crippen LogP contribution in [0.2, 0.25) is 0 Å². The van der Waals surface area contributed by atoms with E-state index in [9.17, 15) is 4.79 Å². The summed E-state index contributed by atoms with van der Waals surface area (Å²) in [4.78, 5) is 11.1. The molecule has 0 aliphatic rings. The molecule has 0 unspecified atom stereocenters. The third kappa shape index (κ3) is 4.31. The van der Waals surface area contributed by atoms with Gasteiger partial charge >= 0.3 is 0 Å². The van der Waals surface area contributed by atoms with Gasteiger partial charge < -0.3 is 16.2 Å². The second-order valence-electron chi connectivity index (χ2n) is 3.14. The van der Waals surface area contributed by atoms with Crippen LogP contribution in [0, 0.1) is 5.92 Å². The minimum absolute atomic E-state index is 0.0944. The maximum atomic E-state index is 11.1. The van der Waals surface area contributed by atoms with Gasteiger partial charge in [-0.2, -0.15) is 0 Å². The Morgan fingerprint density at radius 3 is 2.58 bits per heavy atom. The second-order valence-corrected chi connectivity index (χ2v) is 3.14.